The number of thiophene rings is 2. The summed E-state index contributed by atoms with van der Waals surface area (Å²) in [6.45, 7) is 0. The zero-order valence-corrected chi connectivity index (χ0v) is 59.8. The number of nitrogens with zero attached hydrogens (tertiary/aromatic N) is 7. The molecule has 500 valence electrons. The smallest absolute Gasteiger partial charge is 0.235 e. The van der Waals surface area contributed by atoms with Gasteiger partial charge in [-0.15, -0.1) is 22.7 Å². The maximum absolute atomic E-state index is 6.55. The second-order valence-corrected chi connectivity index (χ2v) is 30.3. The van der Waals surface area contributed by atoms with Crippen LogP contribution in [0.15, 0.2) is 340 Å². The van der Waals surface area contributed by atoms with E-state index in [0.717, 1.165) is 89.3 Å². The fourth-order valence-corrected chi connectivity index (χ4v) is 19.4. The lowest BCUT2D eigenvalue weighted by molar-refractivity contribution is 1.01. The van der Waals surface area contributed by atoms with Gasteiger partial charge >= 0.3 is 0 Å². The summed E-state index contributed by atoms with van der Waals surface area (Å²) in [7, 11) is 0. The Balaban J connectivity index is 0.000000116. The van der Waals surface area contributed by atoms with E-state index in [0.29, 0.717) is 16.9 Å². The van der Waals surface area contributed by atoms with Gasteiger partial charge < -0.3 is 4.57 Å². The Morgan fingerprint density at radius 1 is 0.262 bits per heavy atom. The predicted octanol–water partition coefficient (Wildman–Crippen LogP) is 26.8. The minimum absolute atomic E-state index is 0.646. The van der Waals surface area contributed by atoms with Crippen molar-refractivity contribution in [1.29, 1.82) is 0 Å². The molecule has 7 heterocycles. The van der Waals surface area contributed by atoms with Crippen molar-refractivity contribution in [2.24, 2.45) is 0 Å². The topological polar surface area (TPSA) is 66.3 Å². The first-order valence-corrected chi connectivity index (χ1v) is 38.1. The molecule has 0 spiro atoms. The summed E-state index contributed by atoms with van der Waals surface area (Å²) >= 11 is 10.2. The number of rotatable bonds is 5. The minimum atomic E-state index is 0.646. The molecule has 1 aliphatic rings. The molecule has 0 saturated carbocycles. The molecule has 7 aromatic heterocycles. The van der Waals surface area contributed by atoms with Crippen LogP contribution >= 0.6 is 34.3 Å². The Morgan fingerprint density at radius 3 is 1.18 bits per heavy atom. The molecule has 1 aliphatic carbocycles. The maximum Gasteiger partial charge on any atom is 0.235 e. The van der Waals surface area contributed by atoms with Crippen molar-refractivity contribution >= 4 is 183 Å². The number of hydrogen-bond donors (Lipinski definition) is 0. The number of aromatic nitrogens is 7. The van der Waals surface area contributed by atoms with Gasteiger partial charge in [0.05, 0.1) is 55.5 Å². The van der Waals surface area contributed by atoms with Crippen LogP contribution in [0, 0.1) is 0 Å². The highest BCUT2D eigenvalue weighted by atomic mass is 35.5. The normalized spacial score (nSPS) is 12.1. The van der Waals surface area contributed by atoms with E-state index in [2.05, 4.69) is 341 Å². The lowest BCUT2D eigenvalue weighted by Crippen LogP contribution is -2.03. The van der Waals surface area contributed by atoms with Crippen LogP contribution in [0.5, 0.6) is 0 Å². The third kappa shape index (κ3) is 9.86. The molecular weight excluding hydrogens is 1360 g/mol. The molecule has 0 fully saturated rings. The molecule has 10 heteroatoms. The first-order chi connectivity index (χ1) is 53.0. The molecule has 0 atom stereocenters. The van der Waals surface area contributed by atoms with E-state index >= 15 is 0 Å². The SMILES string of the molecule is Clc1ccc2c(c1)c1c3ccccc3ccc1n2-c1nc(-c2ccc3c(c2)sc2ccccc23)c2ccccc2n1.c1ccc2c(c1)Cc1ccccc1-2.c1ccc2c(c1)ccc1c2c2cc(-n3c4ccccc4c4ccccc43)ccc2n1-c1nc(-c2ccc3c(c2)sc2ccccc23)c2ccccc2n1. The van der Waals surface area contributed by atoms with Gasteiger partial charge in [0.25, 0.3) is 0 Å². The molecule has 0 radical (unpaired) electrons. The van der Waals surface area contributed by atoms with Gasteiger partial charge in [-0.1, -0.05) is 254 Å². The summed E-state index contributed by atoms with van der Waals surface area (Å²) in [4.78, 5) is 21.2. The quantitative estimate of drug-likeness (QED) is 0.172. The molecular formula is C97H58ClN7S2. The van der Waals surface area contributed by atoms with Crippen molar-refractivity contribution in [3.8, 4) is 51.2 Å². The van der Waals surface area contributed by atoms with Crippen LogP contribution in [0.3, 0.4) is 0 Å². The average molecular weight is 1420 g/mol. The Bertz CT molecular complexity index is 7570. The van der Waals surface area contributed by atoms with Crippen LogP contribution in [0.4, 0.5) is 0 Å². The Labute approximate surface area is 626 Å². The number of benzene rings is 16. The van der Waals surface area contributed by atoms with Gasteiger partial charge in [-0.05, 0) is 147 Å². The zero-order chi connectivity index (χ0) is 70.4. The standard InChI is InChI=1S/C48H28N4S.C36H20ClN3S.C13H10/c1-2-12-32-29(11-1)22-25-43-46(32)38-28-31(51-40-18-8-4-13-33(40)34-14-5-9-19-41(34)51)23-26-42(38)52(43)48-49-39-17-7-3-16-37(39)47(50-48)30-21-24-36-35-15-6-10-20-44(35)53-45(36)27-30;37-23-15-18-30-28(20-23)34-24-8-2-1-7-21(24)14-17-31(34)40(30)36-38-29-11-5-3-10-27(29)35(39-36)22-13-16-26-25-9-4-6-12-32(25)41-33(26)19-22;1-3-7-12-10(5-1)9-11-6-2-4-8-13(11)12/h1-28H;1-20H;1-8H,9H2. The molecule has 0 aliphatic heterocycles. The summed E-state index contributed by atoms with van der Waals surface area (Å²) in [5.74, 6) is 1.31. The summed E-state index contributed by atoms with van der Waals surface area (Å²) in [5, 5.41) is 19.8. The Morgan fingerprint density at radius 2 is 0.654 bits per heavy atom. The molecule has 0 unspecified atom stereocenters. The van der Waals surface area contributed by atoms with E-state index in [9.17, 15) is 0 Å². The second-order valence-electron chi connectivity index (χ2n) is 27.7. The third-order valence-corrected chi connectivity index (χ3v) is 24.2. The van der Waals surface area contributed by atoms with Crippen molar-refractivity contribution in [2.75, 3.05) is 0 Å². The van der Waals surface area contributed by atoms with E-state index in [4.69, 9.17) is 31.5 Å². The van der Waals surface area contributed by atoms with Crippen LogP contribution in [0.25, 0.3) is 200 Å². The monoisotopic (exact) mass is 1420 g/mol. The average Bonchev–Trinajstić information content (AvgIpc) is 1.57. The summed E-state index contributed by atoms with van der Waals surface area (Å²) in [5.41, 5.74) is 19.4. The first kappa shape index (κ1) is 61.3. The van der Waals surface area contributed by atoms with Crippen LogP contribution in [0.2, 0.25) is 5.02 Å². The van der Waals surface area contributed by atoms with Crippen LogP contribution in [-0.2, 0) is 6.42 Å². The van der Waals surface area contributed by atoms with Gasteiger partial charge in [-0.3, -0.25) is 9.13 Å². The van der Waals surface area contributed by atoms with Crippen molar-refractivity contribution in [2.45, 2.75) is 6.42 Å². The third-order valence-electron chi connectivity index (χ3n) is 21.7. The van der Waals surface area contributed by atoms with Gasteiger partial charge in [-0.25, -0.2) is 19.9 Å². The van der Waals surface area contributed by atoms with Gasteiger partial charge in [0.2, 0.25) is 11.9 Å². The molecule has 0 bridgehead atoms. The lowest BCUT2D eigenvalue weighted by atomic mass is 10.0. The minimum Gasteiger partial charge on any atom is -0.309 e. The molecule has 0 amide bonds. The van der Waals surface area contributed by atoms with E-state index in [1.807, 2.05) is 34.8 Å². The van der Waals surface area contributed by atoms with E-state index < -0.39 is 0 Å². The Kier molecular flexibility index (Phi) is 14.0. The molecule has 0 saturated heterocycles. The highest BCUT2D eigenvalue weighted by Gasteiger charge is 2.24. The summed E-state index contributed by atoms with van der Waals surface area (Å²) in [6, 6.07) is 121. The Hall–Kier alpha value is -13.2. The van der Waals surface area contributed by atoms with Gasteiger partial charge in [0.1, 0.15) is 0 Å². The van der Waals surface area contributed by atoms with Crippen molar-refractivity contribution in [3.63, 3.8) is 0 Å². The van der Waals surface area contributed by atoms with E-state index in [1.54, 1.807) is 0 Å². The van der Waals surface area contributed by atoms with Crippen molar-refractivity contribution in [1.82, 2.24) is 33.6 Å². The largest absolute Gasteiger partial charge is 0.309 e. The van der Waals surface area contributed by atoms with Crippen molar-refractivity contribution < 1.29 is 0 Å². The van der Waals surface area contributed by atoms with E-state index in [1.165, 1.54) is 117 Å². The second kappa shape index (κ2) is 24.5. The first-order valence-electron chi connectivity index (χ1n) is 36.1. The number of halogens is 1. The zero-order valence-electron chi connectivity index (χ0n) is 57.4. The van der Waals surface area contributed by atoms with Crippen molar-refractivity contribution in [3.05, 3.63) is 356 Å². The fraction of sp³-hybridized carbons (Fsp3) is 0.0103. The van der Waals surface area contributed by atoms with Gasteiger partial charge in [-0.2, -0.15) is 0 Å². The summed E-state index contributed by atoms with van der Waals surface area (Å²) < 4.78 is 11.9. The number of para-hydroxylation sites is 4. The molecule has 0 N–H and O–H groups in total. The van der Waals surface area contributed by atoms with Crippen LogP contribution in [0.1, 0.15) is 11.1 Å². The van der Waals surface area contributed by atoms with Gasteiger partial charge in [0, 0.05) is 105 Å². The van der Waals surface area contributed by atoms with Gasteiger partial charge in [0.15, 0.2) is 0 Å². The van der Waals surface area contributed by atoms with Crippen LogP contribution in [-0.4, -0.2) is 33.6 Å². The van der Waals surface area contributed by atoms with E-state index in [-0.39, 0.29) is 0 Å². The molecule has 7 nitrogen and oxygen atoms in total. The lowest BCUT2D eigenvalue weighted by Gasteiger charge is -2.12. The van der Waals surface area contributed by atoms with Crippen LogP contribution < -0.4 is 0 Å². The maximum atomic E-state index is 6.55. The predicted molar refractivity (Wildman–Crippen MR) is 453 cm³/mol. The molecule has 24 rings (SSSR count). The molecule has 107 heavy (non-hydrogen) atoms. The molecule has 23 aromatic rings. The highest BCUT2D eigenvalue weighted by Crippen LogP contribution is 2.45. The summed E-state index contributed by atoms with van der Waals surface area (Å²) in [6.07, 6.45) is 1.10. The molecule has 16 aromatic carbocycles. The number of fused-ring (bicyclic) bond motifs is 24. The fourth-order valence-electron chi connectivity index (χ4n) is 16.9. The number of hydrogen-bond acceptors (Lipinski definition) is 6. The highest BCUT2D eigenvalue weighted by molar-refractivity contribution is 7.26.